The Bertz CT molecular complexity index is 1570. The Kier molecular flexibility index (Phi) is 9.53. The average Bonchev–Trinajstić information content (AvgIpc) is 3.06. The van der Waals surface area contributed by atoms with E-state index in [0.29, 0.717) is 36.8 Å². The molecule has 6 rings (SSSR count). The van der Waals surface area contributed by atoms with Gasteiger partial charge < -0.3 is 34.5 Å². The third-order valence-electron chi connectivity index (χ3n) is 9.74. The van der Waals surface area contributed by atoms with Crippen molar-refractivity contribution < 1.29 is 14.3 Å². The van der Waals surface area contributed by atoms with Gasteiger partial charge in [0.2, 0.25) is 0 Å². The maximum absolute atomic E-state index is 14.0. The summed E-state index contributed by atoms with van der Waals surface area (Å²) >= 11 is 0. The highest BCUT2D eigenvalue weighted by molar-refractivity contribution is 5.99. The lowest BCUT2D eigenvalue weighted by Crippen LogP contribution is -2.44. The zero-order chi connectivity index (χ0) is 31.5. The van der Waals surface area contributed by atoms with Crippen LogP contribution in [0.1, 0.15) is 58.1 Å². The molecule has 0 aliphatic carbocycles. The van der Waals surface area contributed by atoms with Crippen LogP contribution in [-0.4, -0.2) is 86.4 Å². The highest BCUT2D eigenvalue weighted by Crippen LogP contribution is 2.34. The van der Waals surface area contributed by atoms with Gasteiger partial charge >= 0.3 is 0 Å². The van der Waals surface area contributed by atoms with Crippen LogP contribution in [-0.2, 0) is 29.0 Å². The number of H-pyrrole nitrogens is 1. The van der Waals surface area contributed by atoms with Gasteiger partial charge in [0.25, 0.3) is 11.5 Å². The van der Waals surface area contributed by atoms with Crippen LogP contribution in [0.5, 0.6) is 0 Å². The van der Waals surface area contributed by atoms with Gasteiger partial charge in [0.1, 0.15) is 5.82 Å². The van der Waals surface area contributed by atoms with E-state index in [0.717, 1.165) is 104 Å². The molecule has 3 aromatic rings. The van der Waals surface area contributed by atoms with Crippen LogP contribution < -0.4 is 20.7 Å². The fourth-order valence-corrected chi connectivity index (χ4v) is 6.96. The number of hydrogen-bond acceptors (Lipinski definition) is 8. The molecule has 0 radical (unpaired) electrons. The van der Waals surface area contributed by atoms with Crippen molar-refractivity contribution in [3.63, 3.8) is 0 Å². The number of amides is 1. The van der Waals surface area contributed by atoms with Gasteiger partial charge in [-0.05, 0) is 88.0 Å². The molecule has 2 N–H and O–H groups in total. The van der Waals surface area contributed by atoms with Gasteiger partial charge in [-0.1, -0.05) is 0 Å². The van der Waals surface area contributed by atoms with Crippen LogP contribution in [0.2, 0.25) is 0 Å². The van der Waals surface area contributed by atoms with Crippen molar-refractivity contribution in [3.8, 4) is 11.1 Å². The highest BCUT2D eigenvalue weighted by atomic mass is 16.5. The van der Waals surface area contributed by atoms with E-state index in [1.54, 1.807) is 0 Å². The number of rotatable bonds is 8. The Morgan fingerprint density at radius 3 is 2.53 bits per heavy atom. The van der Waals surface area contributed by atoms with Crippen LogP contribution in [0.25, 0.3) is 11.1 Å². The lowest BCUT2D eigenvalue weighted by atomic mass is 9.95. The molecule has 0 atom stereocenters. The number of aromatic amines is 1. The predicted octanol–water partition coefficient (Wildman–Crippen LogP) is 3.81. The van der Waals surface area contributed by atoms with E-state index in [9.17, 15) is 9.59 Å². The molecule has 3 aliphatic heterocycles. The number of hydrogen-bond donors (Lipinski definition) is 2. The van der Waals surface area contributed by atoms with Crippen molar-refractivity contribution in [3.05, 3.63) is 74.3 Å². The van der Waals surface area contributed by atoms with E-state index in [2.05, 4.69) is 57.2 Å². The van der Waals surface area contributed by atoms with Crippen LogP contribution in [0.15, 0.2) is 35.3 Å². The van der Waals surface area contributed by atoms with Gasteiger partial charge in [0, 0.05) is 98.4 Å². The summed E-state index contributed by atoms with van der Waals surface area (Å²) in [6.45, 7) is 13.6. The molecule has 0 saturated carbocycles. The van der Waals surface area contributed by atoms with Crippen molar-refractivity contribution in [2.75, 3.05) is 69.4 Å². The molecule has 0 bridgehead atoms. The molecule has 3 aliphatic rings. The van der Waals surface area contributed by atoms with Crippen LogP contribution >= 0.6 is 0 Å². The second-order valence-corrected chi connectivity index (χ2v) is 12.5. The second kappa shape index (κ2) is 13.7. The topological polar surface area (TPSA) is 103 Å². The number of nitrogens with zero attached hydrogens (tertiary/aromatic N) is 4. The Labute approximate surface area is 265 Å². The lowest BCUT2D eigenvalue weighted by molar-refractivity contribution is 0.0846. The van der Waals surface area contributed by atoms with E-state index in [1.807, 2.05) is 26.1 Å². The van der Waals surface area contributed by atoms with Crippen LogP contribution in [0.3, 0.4) is 0 Å². The Hall–Kier alpha value is -3.73. The maximum Gasteiger partial charge on any atom is 0.253 e. The van der Waals surface area contributed by atoms with E-state index in [1.165, 1.54) is 0 Å². The summed E-state index contributed by atoms with van der Waals surface area (Å²) in [5.41, 5.74) is 7.82. The Morgan fingerprint density at radius 2 is 1.82 bits per heavy atom. The fraction of sp³-hybridized carbons (Fsp3) is 0.514. The molecular formula is C35H46N6O4. The summed E-state index contributed by atoms with van der Waals surface area (Å²) in [7, 11) is 2.15. The minimum Gasteiger partial charge on any atom is -0.381 e. The lowest BCUT2D eigenvalue weighted by Gasteiger charge is -2.37. The van der Waals surface area contributed by atoms with Gasteiger partial charge in [-0.15, -0.1) is 0 Å². The molecule has 0 unspecified atom stereocenters. The molecule has 1 aromatic carbocycles. The number of piperazine rings is 1. The number of carbonyl (C=O) groups excluding carboxylic acids is 1. The standard InChI is InChI=1S/C35H46N6O4/c1-5-41(27-8-15-44-16-9-27)32-19-26(25-6-7-33(36-20-25)40-13-11-39(4)12-14-40)18-29(23(32)2)34(42)37-21-30-28-10-17-45-22-31(28)24(3)38-35(30)43/h6-7,18-20,27H,5,8-17,21-22H2,1-4H3,(H,37,42)(H,38,43). The molecule has 1 amide bonds. The maximum atomic E-state index is 14.0. The van der Waals surface area contributed by atoms with Crippen molar-refractivity contribution >= 4 is 17.4 Å². The second-order valence-electron chi connectivity index (χ2n) is 12.5. The first-order valence-electron chi connectivity index (χ1n) is 16.3. The van der Waals surface area contributed by atoms with E-state index < -0.39 is 0 Å². The number of anilines is 2. The zero-order valence-corrected chi connectivity index (χ0v) is 27.1. The fourth-order valence-electron chi connectivity index (χ4n) is 6.96. The van der Waals surface area contributed by atoms with Gasteiger partial charge in [-0.25, -0.2) is 4.98 Å². The first-order chi connectivity index (χ1) is 21.8. The number of ether oxygens (including phenoxy) is 2. The van der Waals surface area contributed by atoms with Gasteiger partial charge in [-0.3, -0.25) is 9.59 Å². The minimum absolute atomic E-state index is 0.150. The van der Waals surface area contributed by atoms with Crippen molar-refractivity contribution in [1.82, 2.24) is 20.2 Å². The predicted molar refractivity (Wildman–Crippen MR) is 177 cm³/mol. The largest absolute Gasteiger partial charge is 0.381 e. The van der Waals surface area contributed by atoms with Crippen molar-refractivity contribution in [1.29, 1.82) is 0 Å². The van der Waals surface area contributed by atoms with Gasteiger partial charge in [-0.2, -0.15) is 0 Å². The first kappa shape index (κ1) is 31.3. The van der Waals surface area contributed by atoms with Gasteiger partial charge in [0.05, 0.1) is 13.2 Å². The Balaban J connectivity index is 1.33. The highest BCUT2D eigenvalue weighted by Gasteiger charge is 2.26. The SMILES string of the molecule is CCN(c1cc(-c2ccc(N3CCN(C)CC3)nc2)cc(C(=O)NCc2c3c(c(C)[nH]c2=O)COCC3)c1C)C1CCOCC1. The number of likely N-dealkylation sites (N-methyl/N-ethyl adjacent to an activating group) is 1. The number of fused-ring (bicyclic) bond motifs is 1. The number of benzene rings is 1. The van der Waals surface area contributed by atoms with E-state index in [-0.39, 0.29) is 18.0 Å². The number of aryl methyl sites for hydroxylation is 1. The molecule has 240 valence electrons. The molecule has 10 heteroatoms. The molecule has 2 aromatic heterocycles. The van der Waals surface area contributed by atoms with Crippen molar-refractivity contribution in [2.24, 2.45) is 0 Å². The zero-order valence-electron chi connectivity index (χ0n) is 27.1. The third-order valence-corrected chi connectivity index (χ3v) is 9.74. The van der Waals surface area contributed by atoms with Crippen LogP contribution in [0.4, 0.5) is 11.5 Å². The smallest absolute Gasteiger partial charge is 0.253 e. The molecule has 5 heterocycles. The summed E-state index contributed by atoms with van der Waals surface area (Å²) < 4.78 is 11.3. The molecule has 10 nitrogen and oxygen atoms in total. The molecule has 2 saturated heterocycles. The number of nitrogens with one attached hydrogen (secondary N) is 2. The number of carbonyl (C=O) groups is 1. The van der Waals surface area contributed by atoms with Gasteiger partial charge in [0.15, 0.2) is 0 Å². The van der Waals surface area contributed by atoms with E-state index in [4.69, 9.17) is 14.5 Å². The van der Waals surface area contributed by atoms with Crippen molar-refractivity contribution in [2.45, 2.75) is 59.2 Å². The first-order valence-corrected chi connectivity index (χ1v) is 16.3. The number of aromatic nitrogens is 2. The Morgan fingerprint density at radius 1 is 1.04 bits per heavy atom. The molecule has 0 spiro atoms. The summed E-state index contributed by atoms with van der Waals surface area (Å²) in [4.78, 5) is 41.9. The van der Waals surface area contributed by atoms with E-state index >= 15 is 0 Å². The normalized spacial score (nSPS) is 17.6. The quantitative estimate of drug-likeness (QED) is 0.395. The molecule has 2 fully saturated rings. The summed E-state index contributed by atoms with van der Waals surface area (Å²) in [5, 5.41) is 3.10. The molecular weight excluding hydrogens is 568 g/mol. The summed E-state index contributed by atoms with van der Waals surface area (Å²) in [5.74, 6) is 0.785. The minimum atomic E-state index is -0.193. The summed E-state index contributed by atoms with van der Waals surface area (Å²) in [6.07, 6.45) is 4.49. The summed E-state index contributed by atoms with van der Waals surface area (Å²) in [6, 6.07) is 8.72. The number of pyridine rings is 2. The van der Waals surface area contributed by atoms with Crippen LogP contribution in [0, 0.1) is 13.8 Å². The average molecular weight is 615 g/mol. The monoisotopic (exact) mass is 614 g/mol. The third kappa shape index (κ3) is 6.64. The molecule has 45 heavy (non-hydrogen) atoms.